The fourth-order valence-corrected chi connectivity index (χ4v) is 4.01. The van der Waals surface area contributed by atoms with Gasteiger partial charge in [-0.25, -0.2) is 4.68 Å². The predicted molar refractivity (Wildman–Crippen MR) is 104 cm³/mol. The molecule has 0 bridgehead atoms. The molecule has 29 heavy (non-hydrogen) atoms. The van der Waals surface area contributed by atoms with E-state index in [9.17, 15) is 9.59 Å². The summed E-state index contributed by atoms with van der Waals surface area (Å²) in [4.78, 5) is 30.7. The molecule has 0 aromatic carbocycles. The molecule has 4 heterocycles. The fraction of sp³-hybridized carbons (Fsp3) is 0.381. The Labute approximate surface area is 167 Å². The van der Waals surface area contributed by atoms with Crippen LogP contribution in [-0.2, 0) is 19.4 Å². The van der Waals surface area contributed by atoms with Gasteiger partial charge >= 0.3 is 0 Å². The first-order valence-corrected chi connectivity index (χ1v) is 9.94. The van der Waals surface area contributed by atoms with Crippen molar-refractivity contribution < 1.29 is 9.32 Å². The first-order valence-electron chi connectivity index (χ1n) is 9.94. The Morgan fingerprint density at radius 2 is 2.07 bits per heavy atom. The van der Waals surface area contributed by atoms with E-state index in [2.05, 4.69) is 15.2 Å². The van der Waals surface area contributed by atoms with Crippen LogP contribution in [0.2, 0.25) is 0 Å². The first-order chi connectivity index (χ1) is 14.2. The zero-order valence-corrected chi connectivity index (χ0v) is 16.0. The lowest BCUT2D eigenvalue weighted by atomic mass is 9.96. The Hall–Kier alpha value is -3.29. The standard InChI is InChI=1S/C21H21N5O3/c27-20-8-15-4-1-2-6-17(15)23-26(20)13-14-11-25(12-14)21(28)18-9-19(29-24-18)16-5-3-7-22-10-16/h3,5,7-10,14H,1-2,4,6,11-13H2. The van der Waals surface area contributed by atoms with E-state index in [1.54, 1.807) is 40.2 Å². The summed E-state index contributed by atoms with van der Waals surface area (Å²) in [5.41, 5.74) is 3.16. The van der Waals surface area contributed by atoms with Crippen LogP contribution in [-0.4, -0.2) is 43.8 Å². The number of carbonyl (C=O) groups excluding carboxylic acids is 1. The maximum atomic E-state index is 12.6. The van der Waals surface area contributed by atoms with Gasteiger partial charge in [0.15, 0.2) is 11.5 Å². The predicted octanol–water partition coefficient (Wildman–Crippen LogP) is 1.94. The summed E-state index contributed by atoms with van der Waals surface area (Å²) < 4.78 is 6.85. The molecule has 1 aliphatic heterocycles. The number of hydrogen-bond donors (Lipinski definition) is 0. The Kier molecular flexibility index (Phi) is 4.46. The highest BCUT2D eigenvalue weighted by atomic mass is 16.5. The quantitative estimate of drug-likeness (QED) is 0.675. The molecule has 1 fully saturated rings. The van der Waals surface area contributed by atoms with Crippen LogP contribution < -0.4 is 5.56 Å². The van der Waals surface area contributed by atoms with Gasteiger partial charge in [0.25, 0.3) is 11.5 Å². The largest absolute Gasteiger partial charge is 0.355 e. The number of rotatable bonds is 4. The topological polar surface area (TPSA) is 94.1 Å². The second-order valence-electron chi connectivity index (χ2n) is 7.74. The van der Waals surface area contributed by atoms with Gasteiger partial charge in [0.2, 0.25) is 0 Å². The minimum Gasteiger partial charge on any atom is -0.355 e. The van der Waals surface area contributed by atoms with Crippen molar-refractivity contribution in [2.45, 2.75) is 32.2 Å². The highest BCUT2D eigenvalue weighted by Crippen LogP contribution is 2.24. The molecule has 0 radical (unpaired) electrons. The molecule has 1 aliphatic carbocycles. The van der Waals surface area contributed by atoms with Gasteiger partial charge in [-0.3, -0.25) is 14.6 Å². The van der Waals surface area contributed by atoms with Crippen molar-refractivity contribution in [3.8, 4) is 11.3 Å². The molecule has 5 rings (SSSR count). The molecule has 1 saturated heterocycles. The molecule has 2 aliphatic rings. The van der Waals surface area contributed by atoms with E-state index in [1.807, 2.05) is 6.07 Å². The highest BCUT2D eigenvalue weighted by molar-refractivity contribution is 5.93. The smallest absolute Gasteiger partial charge is 0.276 e. The third kappa shape index (κ3) is 3.46. The van der Waals surface area contributed by atoms with Crippen LogP contribution >= 0.6 is 0 Å². The first kappa shape index (κ1) is 17.8. The SMILES string of the molecule is O=C(c1cc(-c2cccnc2)on1)N1CC(Cn2nc3c(cc2=O)CCCC3)C1. The van der Waals surface area contributed by atoms with Gasteiger partial charge in [0, 0.05) is 49.1 Å². The minimum absolute atomic E-state index is 0.0481. The van der Waals surface area contributed by atoms with Gasteiger partial charge in [-0.05, 0) is 43.4 Å². The maximum Gasteiger partial charge on any atom is 0.276 e. The number of carbonyl (C=O) groups is 1. The Bertz CT molecular complexity index is 1100. The second kappa shape index (κ2) is 7.27. The summed E-state index contributed by atoms with van der Waals surface area (Å²) in [5.74, 6) is 0.574. The highest BCUT2D eigenvalue weighted by Gasteiger charge is 2.33. The average Bonchev–Trinajstić information content (AvgIpc) is 3.21. The van der Waals surface area contributed by atoms with Crippen molar-refractivity contribution in [3.63, 3.8) is 0 Å². The number of pyridine rings is 1. The number of hydrogen-bond acceptors (Lipinski definition) is 6. The summed E-state index contributed by atoms with van der Waals surface area (Å²) >= 11 is 0. The number of aromatic nitrogens is 4. The van der Waals surface area contributed by atoms with Gasteiger partial charge in [-0.1, -0.05) is 5.16 Å². The average molecular weight is 391 g/mol. The molecule has 0 unspecified atom stereocenters. The van der Waals surface area contributed by atoms with E-state index in [0.717, 1.165) is 42.5 Å². The van der Waals surface area contributed by atoms with Crippen LogP contribution in [0.3, 0.4) is 0 Å². The molecule has 0 N–H and O–H groups in total. The van der Waals surface area contributed by atoms with E-state index in [4.69, 9.17) is 4.52 Å². The normalized spacial score (nSPS) is 16.3. The number of aryl methyl sites for hydroxylation is 2. The van der Waals surface area contributed by atoms with E-state index < -0.39 is 0 Å². The van der Waals surface area contributed by atoms with Crippen LogP contribution in [0.4, 0.5) is 0 Å². The van der Waals surface area contributed by atoms with Gasteiger partial charge in [-0.15, -0.1) is 0 Å². The maximum absolute atomic E-state index is 12.6. The van der Waals surface area contributed by atoms with E-state index in [1.165, 1.54) is 0 Å². The Morgan fingerprint density at radius 3 is 2.90 bits per heavy atom. The molecular formula is C21H21N5O3. The number of fused-ring (bicyclic) bond motifs is 1. The van der Waals surface area contributed by atoms with Gasteiger partial charge in [-0.2, -0.15) is 5.10 Å². The van der Waals surface area contributed by atoms with E-state index in [-0.39, 0.29) is 23.1 Å². The molecule has 0 spiro atoms. The van der Waals surface area contributed by atoms with E-state index in [0.29, 0.717) is 25.4 Å². The summed E-state index contributed by atoms with van der Waals surface area (Å²) in [6.45, 7) is 1.70. The zero-order valence-electron chi connectivity index (χ0n) is 16.0. The van der Waals surface area contributed by atoms with Crippen molar-refractivity contribution >= 4 is 5.91 Å². The van der Waals surface area contributed by atoms with Crippen LogP contribution in [0.15, 0.2) is 46.0 Å². The zero-order chi connectivity index (χ0) is 19.8. The van der Waals surface area contributed by atoms with Gasteiger partial charge in [0.1, 0.15) is 0 Å². The van der Waals surface area contributed by atoms with Crippen molar-refractivity contribution in [1.29, 1.82) is 0 Å². The van der Waals surface area contributed by atoms with Crippen LogP contribution in [0.25, 0.3) is 11.3 Å². The van der Waals surface area contributed by atoms with Crippen molar-refractivity contribution in [2.24, 2.45) is 5.92 Å². The lowest BCUT2D eigenvalue weighted by Gasteiger charge is -2.38. The monoisotopic (exact) mass is 391 g/mol. The van der Waals surface area contributed by atoms with Crippen LogP contribution in [0.5, 0.6) is 0 Å². The molecule has 0 saturated carbocycles. The number of likely N-dealkylation sites (tertiary alicyclic amines) is 1. The van der Waals surface area contributed by atoms with Crippen molar-refractivity contribution in [2.75, 3.05) is 13.1 Å². The third-order valence-corrected chi connectivity index (χ3v) is 5.62. The van der Waals surface area contributed by atoms with Crippen molar-refractivity contribution in [3.05, 3.63) is 64.0 Å². The van der Waals surface area contributed by atoms with Crippen molar-refractivity contribution in [1.82, 2.24) is 24.8 Å². The molecular weight excluding hydrogens is 370 g/mol. The molecule has 8 nitrogen and oxygen atoms in total. The number of nitrogens with zero attached hydrogens (tertiary/aromatic N) is 5. The molecule has 148 valence electrons. The molecule has 1 amide bonds. The summed E-state index contributed by atoms with van der Waals surface area (Å²) in [6, 6.07) is 7.03. The van der Waals surface area contributed by atoms with Gasteiger partial charge in [0.05, 0.1) is 12.2 Å². The van der Waals surface area contributed by atoms with E-state index >= 15 is 0 Å². The molecule has 0 atom stereocenters. The number of amides is 1. The molecule has 3 aromatic heterocycles. The summed E-state index contributed by atoms with van der Waals surface area (Å²) in [5, 5.41) is 8.47. The summed E-state index contributed by atoms with van der Waals surface area (Å²) in [7, 11) is 0. The third-order valence-electron chi connectivity index (χ3n) is 5.62. The minimum atomic E-state index is -0.161. The Balaban J connectivity index is 1.22. The van der Waals surface area contributed by atoms with Gasteiger partial charge < -0.3 is 9.42 Å². The van der Waals surface area contributed by atoms with Crippen LogP contribution in [0, 0.1) is 5.92 Å². The molecule has 8 heteroatoms. The lowest BCUT2D eigenvalue weighted by molar-refractivity contribution is 0.0448. The second-order valence-corrected chi connectivity index (χ2v) is 7.74. The fourth-order valence-electron chi connectivity index (χ4n) is 4.01. The van der Waals surface area contributed by atoms with Crippen LogP contribution in [0.1, 0.15) is 34.6 Å². The Morgan fingerprint density at radius 1 is 1.21 bits per heavy atom. The lowest BCUT2D eigenvalue weighted by Crippen LogP contribution is -2.52. The summed E-state index contributed by atoms with van der Waals surface area (Å²) in [6.07, 6.45) is 7.48. The molecule has 3 aromatic rings.